The highest BCUT2D eigenvalue weighted by molar-refractivity contribution is 5.45. The molecule has 3 rings (SSSR count). The third-order valence-corrected chi connectivity index (χ3v) is 4.68. The Morgan fingerprint density at radius 2 is 1.92 bits per heavy atom. The number of rotatable bonds is 5. The van der Waals surface area contributed by atoms with Gasteiger partial charge in [0.15, 0.2) is 11.5 Å². The molecule has 2 aliphatic heterocycles. The molecule has 0 aliphatic carbocycles. The average molecular weight is 344 g/mol. The number of nitrogens with one attached hydrogen (secondary N) is 1. The molecule has 0 bridgehead atoms. The van der Waals surface area contributed by atoms with Crippen LogP contribution in [0.25, 0.3) is 0 Å². The van der Waals surface area contributed by atoms with Gasteiger partial charge in [-0.15, -0.1) is 0 Å². The van der Waals surface area contributed by atoms with Crippen molar-refractivity contribution in [1.82, 2.24) is 10.2 Å². The van der Waals surface area contributed by atoms with Crippen LogP contribution in [-0.2, 0) is 0 Å². The standard InChI is InChI=1S/C17H23F3N2O2/c1-12(13-2-3-15-16(10-13)24-11-23-15)21-14-4-7-22(8-5-14)9-6-17(18,19)20/h2-3,10,12,14,21H,4-9,11H2,1H3. The summed E-state index contributed by atoms with van der Waals surface area (Å²) in [6.45, 7) is 3.88. The smallest absolute Gasteiger partial charge is 0.390 e. The van der Waals surface area contributed by atoms with Crippen LogP contribution in [0.3, 0.4) is 0 Å². The second kappa shape index (κ2) is 7.19. The van der Waals surface area contributed by atoms with E-state index in [1.165, 1.54) is 0 Å². The molecule has 1 N–H and O–H groups in total. The van der Waals surface area contributed by atoms with Crippen LogP contribution in [0.2, 0.25) is 0 Å². The Balaban J connectivity index is 1.46. The van der Waals surface area contributed by atoms with Gasteiger partial charge in [-0.1, -0.05) is 6.07 Å². The first-order chi connectivity index (χ1) is 11.4. The predicted octanol–water partition coefficient (Wildman–Crippen LogP) is 3.48. The number of halogens is 3. The number of nitrogens with zero attached hydrogens (tertiary/aromatic N) is 1. The van der Waals surface area contributed by atoms with Crippen molar-refractivity contribution in [3.05, 3.63) is 23.8 Å². The summed E-state index contributed by atoms with van der Waals surface area (Å²) < 4.78 is 47.6. The van der Waals surface area contributed by atoms with Crippen molar-refractivity contribution in [2.45, 2.75) is 44.4 Å². The zero-order chi connectivity index (χ0) is 17.2. The molecule has 1 aromatic carbocycles. The molecule has 0 radical (unpaired) electrons. The minimum Gasteiger partial charge on any atom is -0.454 e. The first kappa shape index (κ1) is 17.4. The van der Waals surface area contributed by atoms with E-state index in [4.69, 9.17) is 9.47 Å². The molecule has 0 aromatic heterocycles. The van der Waals surface area contributed by atoms with Gasteiger partial charge in [0.1, 0.15) is 0 Å². The van der Waals surface area contributed by atoms with E-state index in [0.29, 0.717) is 19.1 Å². The van der Waals surface area contributed by atoms with Crippen LogP contribution < -0.4 is 14.8 Å². The summed E-state index contributed by atoms with van der Waals surface area (Å²) in [5.41, 5.74) is 1.12. The van der Waals surface area contributed by atoms with Gasteiger partial charge in [-0.05, 0) is 50.6 Å². The van der Waals surface area contributed by atoms with Crippen molar-refractivity contribution in [1.29, 1.82) is 0 Å². The number of piperidine rings is 1. The Morgan fingerprint density at radius 1 is 1.21 bits per heavy atom. The fourth-order valence-corrected chi connectivity index (χ4v) is 3.24. The summed E-state index contributed by atoms with van der Waals surface area (Å²) in [6.07, 6.45) is -3.05. The Hall–Kier alpha value is -1.47. The Labute approximate surface area is 139 Å². The van der Waals surface area contributed by atoms with Crippen molar-refractivity contribution in [3.63, 3.8) is 0 Å². The van der Waals surface area contributed by atoms with E-state index < -0.39 is 12.6 Å². The molecule has 1 saturated heterocycles. The minimum atomic E-state index is -4.07. The molecular weight excluding hydrogens is 321 g/mol. The van der Waals surface area contributed by atoms with E-state index in [-0.39, 0.29) is 19.4 Å². The van der Waals surface area contributed by atoms with Crippen LogP contribution in [0.5, 0.6) is 11.5 Å². The molecule has 1 atom stereocenters. The molecule has 0 spiro atoms. The second-order valence-corrected chi connectivity index (χ2v) is 6.48. The molecule has 2 heterocycles. The number of hydrogen-bond acceptors (Lipinski definition) is 4. The number of likely N-dealkylation sites (tertiary alicyclic amines) is 1. The van der Waals surface area contributed by atoms with Gasteiger partial charge in [0.05, 0.1) is 6.42 Å². The maximum atomic E-state index is 12.3. The molecule has 7 heteroatoms. The SMILES string of the molecule is CC(NC1CCN(CCC(F)(F)F)CC1)c1ccc2c(c1)OCO2. The molecular formula is C17H23F3N2O2. The Kier molecular flexibility index (Phi) is 5.20. The van der Waals surface area contributed by atoms with Gasteiger partial charge in [0.25, 0.3) is 0 Å². The zero-order valence-electron chi connectivity index (χ0n) is 13.7. The van der Waals surface area contributed by atoms with Crippen LogP contribution in [0.4, 0.5) is 13.2 Å². The maximum Gasteiger partial charge on any atom is 0.390 e. The van der Waals surface area contributed by atoms with E-state index in [2.05, 4.69) is 12.2 Å². The number of ether oxygens (including phenoxy) is 2. The van der Waals surface area contributed by atoms with Crippen LogP contribution in [0.15, 0.2) is 18.2 Å². The quantitative estimate of drug-likeness (QED) is 0.887. The lowest BCUT2D eigenvalue weighted by atomic mass is 10.0. The Morgan fingerprint density at radius 3 is 2.62 bits per heavy atom. The van der Waals surface area contributed by atoms with Gasteiger partial charge in [0.2, 0.25) is 6.79 Å². The average Bonchev–Trinajstić information content (AvgIpc) is 3.01. The summed E-state index contributed by atoms with van der Waals surface area (Å²) in [6, 6.07) is 6.40. The van der Waals surface area contributed by atoms with E-state index in [1.807, 2.05) is 23.1 Å². The summed E-state index contributed by atoms with van der Waals surface area (Å²) in [5.74, 6) is 1.53. The van der Waals surface area contributed by atoms with Gasteiger partial charge >= 0.3 is 6.18 Å². The third kappa shape index (κ3) is 4.54. The normalized spacial score (nSPS) is 20.3. The molecule has 4 nitrogen and oxygen atoms in total. The van der Waals surface area contributed by atoms with Crippen molar-refractivity contribution < 1.29 is 22.6 Å². The van der Waals surface area contributed by atoms with Crippen molar-refractivity contribution in [2.24, 2.45) is 0 Å². The maximum absolute atomic E-state index is 12.3. The van der Waals surface area contributed by atoms with Crippen LogP contribution in [0, 0.1) is 0 Å². The van der Waals surface area contributed by atoms with Crippen molar-refractivity contribution in [3.8, 4) is 11.5 Å². The van der Waals surface area contributed by atoms with E-state index in [9.17, 15) is 13.2 Å². The molecule has 1 fully saturated rings. The molecule has 24 heavy (non-hydrogen) atoms. The third-order valence-electron chi connectivity index (χ3n) is 4.68. The van der Waals surface area contributed by atoms with E-state index in [1.54, 1.807) is 0 Å². The lowest BCUT2D eigenvalue weighted by Gasteiger charge is -2.34. The van der Waals surface area contributed by atoms with E-state index in [0.717, 1.165) is 29.9 Å². The molecule has 1 unspecified atom stereocenters. The highest BCUT2D eigenvalue weighted by Gasteiger charge is 2.29. The molecule has 134 valence electrons. The van der Waals surface area contributed by atoms with Crippen molar-refractivity contribution >= 4 is 0 Å². The van der Waals surface area contributed by atoms with Crippen LogP contribution >= 0.6 is 0 Å². The predicted molar refractivity (Wildman–Crippen MR) is 84.2 cm³/mol. The fraction of sp³-hybridized carbons (Fsp3) is 0.647. The topological polar surface area (TPSA) is 33.7 Å². The highest BCUT2D eigenvalue weighted by atomic mass is 19.4. The molecule has 0 amide bonds. The second-order valence-electron chi connectivity index (χ2n) is 6.48. The number of fused-ring (bicyclic) bond motifs is 1. The van der Waals surface area contributed by atoms with Gasteiger partial charge in [0, 0.05) is 18.6 Å². The monoisotopic (exact) mass is 344 g/mol. The molecule has 0 saturated carbocycles. The number of benzene rings is 1. The van der Waals surface area contributed by atoms with Crippen LogP contribution in [-0.4, -0.2) is 43.5 Å². The first-order valence-corrected chi connectivity index (χ1v) is 8.35. The first-order valence-electron chi connectivity index (χ1n) is 8.35. The summed E-state index contributed by atoms with van der Waals surface area (Å²) in [7, 11) is 0. The lowest BCUT2D eigenvalue weighted by molar-refractivity contribution is -0.138. The van der Waals surface area contributed by atoms with Crippen LogP contribution in [0.1, 0.15) is 37.8 Å². The summed E-state index contributed by atoms with van der Waals surface area (Å²) >= 11 is 0. The highest BCUT2D eigenvalue weighted by Crippen LogP contribution is 2.34. The molecule has 2 aliphatic rings. The lowest BCUT2D eigenvalue weighted by Crippen LogP contribution is -2.44. The largest absolute Gasteiger partial charge is 0.454 e. The van der Waals surface area contributed by atoms with Gasteiger partial charge in [-0.3, -0.25) is 0 Å². The summed E-state index contributed by atoms with van der Waals surface area (Å²) in [4.78, 5) is 1.90. The number of alkyl halides is 3. The zero-order valence-corrected chi connectivity index (χ0v) is 13.7. The Bertz CT molecular complexity index is 557. The van der Waals surface area contributed by atoms with E-state index >= 15 is 0 Å². The molecule has 1 aromatic rings. The van der Waals surface area contributed by atoms with Gasteiger partial charge < -0.3 is 19.7 Å². The van der Waals surface area contributed by atoms with Gasteiger partial charge in [-0.25, -0.2) is 0 Å². The summed E-state index contributed by atoms with van der Waals surface area (Å²) in [5, 5.41) is 3.57. The fourth-order valence-electron chi connectivity index (χ4n) is 3.24. The number of hydrogen-bond donors (Lipinski definition) is 1. The minimum absolute atomic E-state index is 0.105. The van der Waals surface area contributed by atoms with Crippen molar-refractivity contribution in [2.75, 3.05) is 26.4 Å². The van der Waals surface area contributed by atoms with Gasteiger partial charge in [-0.2, -0.15) is 13.2 Å².